The lowest BCUT2D eigenvalue weighted by molar-refractivity contribution is -0.0876. The first kappa shape index (κ1) is 15.0. The molecule has 0 heterocycles. The van der Waals surface area contributed by atoms with Gasteiger partial charge in [0, 0.05) is 19.8 Å². The van der Waals surface area contributed by atoms with Gasteiger partial charge in [-0.15, -0.1) is 0 Å². The molecule has 0 amide bonds. The molecule has 4 N–H and O–H groups in total. The summed E-state index contributed by atoms with van der Waals surface area (Å²) in [6, 6.07) is -1.17. The largest absolute Gasteiger partial charge is 0.391 e. The highest BCUT2D eigenvalue weighted by molar-refractivity contribution is 7.58. The molecular weight excluding hydrogens is 221 g/mol. The van der Waals surface area contributed by atoms with E-state index in [0.29, 0.717) is 0 Å². The average Bonchev–Trinajstić information content (AvgIpc) is 2.16. The summed E-state index contributed by atoms with van der Waals surface area (Å²) in [5.41, 5.74) is 5.16. The van der Waals surface area contributed by atoms with Gasteiger partial charge in [0.05, 0.1) is 12.3 Å². The van der Waals surface area contributed by atoms with Crippen LogP contribution >= 0.6 is 7.37 Å². The van der Waals surface area contributed by atoms with Crippen molar-refractivity contribution in [3.05, 3.63) is 0 Å². The molecule has 0 aromatic rings. The second-order valence-corrected chi connectivity index (χ2v) is 5.34. The van der Waals surface area contributed by atoms with Crippen LogP contribution in [0.2, 0.25) is 0 Å². The first-order valence-electron chi connectivity index (χ1n) is 4.90. The van der Waals surface area contributed by atoms with Crippen molar-refractivity contribution in [2.24, 2.45) is 5.73 Å². The number of nitrogens with two attached hydrogens (primary N) is 1. The van der Waals surface area contributed by atoms with Crippen LogP contribution in [0, 0.1) is 0 Å². The minimum Gasteiger partial charge on any atom is -0.391 e. The van der Waals surface area contributed by atoms with Crippen LogP contribution in [0.3, 0.4) is 0 Å². The summed E-state index contributed by atoms with van der Waals surface area (Å²) in [6.07, 6.45) is -1.32. The van der Waals surface area contributed by atoms with Crippen LogP contribution in [0.15, 0.2) is 0 Å². The van der Waals surface area contributed by atoms with E-state index in [1.807, 2.05) is 0 Å². The van der Waals surface area contributed by atoms with Gasteiger partial charge in [-0.2, -0.15) is 0 Å². The first-order valence-corrected chi connectivity index (χ1v) is 6.82. The Labute approximate surface area is 89.8 Å². The standard InChI is InChI=1S/C8H20NO5P/c1-3-13-8(14-4-2)15(11,12)6-7(10)5-9/h7-8,10H,3-6,9H2,1-2H3,(H,11,12)/t7-/m1/s1. The van der Waals surface area contributed by atoms with Crippen molar-refractivity contribution in [3.8, 4) is 0 Å². The van der Waals surface area contributed by atoms with Gasteiger partial charge in [-0.05, 0) is 13.8 Å². The van der Waals surface area contributed by atoms with E-state index in [9.17, 15) is 14.6 Å². The van der Waals surface area contributed by atoms with Crippen LogP contribution in [0.1, 0.15) is 13.8 Å². The van der Waals surface area contributed by atoms with Gasteiger partial charge in [0.25, 0.3) is 7.37 Å². The summed E-state index contributed by atoms with van der Waals surface area (Å²) >= 11 is 0. The fourth-order valence-corrected chi connectivity index (χ4v) is 2.72. The van der Waals surface area contributed by atoms with Crippen molar-refractivity contribution in [3.63, 3.8) is 0 Å². The summed E-state index contributed by atoms with van der Waals surface area (Å²) in [5, 5.41) is 9.21. The molecule has 0 radical (unpaired) electrons. The quantitative estimate of drug-likeness (QED) is 0.406. The first-order chi connectivity index (χ1) is 6.97. The minimum absolute atomic E-state index is 0.0600. The second kappa shape index (κ2) is 7.33. The van der Waals surface area contributed by atoms with Crippen LogP contribution < -0.4 is 5.73 Å². The van der Waals surface area contributed by atoms with Gasteiger partial charge in [0.1, 0.15) is 0 Å². The summed E-state index contributed by atoms with van der Waals surface area (Å²) in [5.74, 6) is 0. The molecule has 7 heteroatoms. The maximum Gasteiger partial charge on any atom is 0.257 e. The third-order valence-corrected chi connectivity index (χ3v) is 3.59. The minimum atomic E-state index is -3.68. The van der Waals surface area contributed by atoms with E-state index in [1.54, 1.807) is 13.8 Å². The topological polar surface area (TPSA) is 102 Å². The Morgan fingerprint density at radius 3 is 2.13 bits per heavy atom. The van der Waals surface area contributed by atoms with Crippen LogP contribution in [-0.2, 0) is 14.0 Å². The molecule has 0 aliphatic carbocycles. The van der Waals surface area contributed by atoms with E-state index in [2.05, 4.69) is 0 Å². The SMILES string of the molecule is CCOC(OCC)P(=O)(O)C[C@H](O)CN. The summed E-state index contributed by atoms with van der Waals surface area (Å²) in [6.45, 7) is 3.88. The Balaban J connectivity index is 4.40. The molecule has 0 saturated carbocycles. The molecule has 0 aromatic carbocycles. The maximum absolute atomic E-state index is 11.8. The number of hydrogen-bond donors (Lipinski definition) is 3. The molecule has 92 valence electrons. The average molecular weight is 241 g/mol. The molecule has 0 aliphatic heterocycles. The summed E-state index contributed by atoms with van der Waals surface area (Å²) in [4.78, 5) is 9.63. The van der Waals surface area contributed by atoms with E-state index in [1.165, 1.54) is 0 Å². The van der Waals surface area contributed by atoms with E-state index in [0.717, 1.165) is 0 Å². The van der Waals surface area contributed by atoms with Crippen molar-refractivity contribution < 1.29 is 24.0 Å². The smallest absolute Gasteiger partial charge is 0.257 e. The molecule has 1 unspecified atom stereocenters. The lowest BCUT2D eigenvalue weighted by Gasteiger charge is -2.23. The van der Waals surface area contributed by atoms with E-state index >= 15 is 0 Å². The third-order valence-electron chi connectivity index (χ3n) is 1.69. The van der Waals surface area contributed by atoms with Gasteiger partial charge in [-0.25, -0.2) is 0 Å². The molecule has 0 rings (SSSR count). The number of hydrogen-bond acceptors (Lipinski definition) is 5. The molecule has 0 aliphatic rings. The predicted octanol–water partition coefficient (Wildman–Crippen LogP) is -0.0670. The van der Waals surface area contributed by atoms with Crippen molar-refractivity contribution in [2.75, 3.05) is 25.9 Å². The summed E-state index contributed by atoms with van der Waals surface area (Å²) in [7, 11) is -3.68. The molecule has 6 nitrogen and oxygen atoms in total. The van der Waals surface area contributed by atoms with Crippen LogP contribution in [-0.4, -0.2) is 48.1 Å². The zero-order valence-electron chi connectivity index (χ0n) is 9.13. The van der Waals surface area contributed by atoms with E-state index < -0.39 is 19.5 Å². The lowest BCUT2D eigenvalue weighted by atomic mass is 10.4. The molecule has 2 atom stereocenters. The van der Waals surface area contributed by atoms with Gasteiger partial charge >= 0.3 is 0 Å². The fraction of sp³-hybridized carbons (Fsp3) is 1.00. The van der Waals surface area contributed by atoms with E-state index in [4.69, 9.17) is 15.2 Å². The predicted molar refractivity (Wildman–Crippen MR) is 56.8 cm³/mol. The Morgan fingerprint density at radius 1 is 1.33 bits per heavy atom. The molecular formula is C8H20NO5P. The van der Waals surface area contributed by atoms with Gasteiger partial charge in [0.2, 0.25) is 6.03 Å². The van der Waals surface area contributed by atoms with Gasteiger partial charge in [0.15, 0.2) is 0 Å². The molecule has 0 aromatic heterocycles. The van der Waals surface area contributed by atoms with Crippen molar-refractivity contribution in [1.29, 1.82) is 0 Å². The summed E-state index contributed by atoms with van der Waals surface area (Å²) < 4.78 is 21.8. The zero-order valence-corrected chi connectivity index (χ0v) is 10.0. The molecule has 0 saturated heterocycles. The van der Waals surface area contributed by atoms with Gasteiger partial charge in [-0.1, -0.05) is 0 Å². The third kappa shape index (κ3) is 5.61. The number of aliphatic hydroxyl groups is 1. The van der Waals surface area contributed by atoms with Gasteiger partial charge in [-0.3, -0.25) is 4.57 Å². The monoisotopic (exact) mass is 241 g/mol. The normalized spacial score (nSPS) is 17.7. The molecule has 15 heavy (non-hydrogen) atoms. The highest BCUT2D eigenvalue weighted by atomic mass is 31.2. The van der Waals surface area contributed by atoms with Crippen molar-refractivity contribution in [2.45, 2.75) is 26.0 Å². The van der Waals surface area contributed by atoms with Gasteiger partial charge < -0.3 is 25.2 Å². The molecule has 0 spiro atoms. The maximum atomic E-state index is 11.8. The highest BCUT2D eigenvalue weighted by Crippen LogP contribution is 2.47. The van der Waals surface area contributed by atoms with E-state index in [-0.39, 0.29) is 25.9 Å². The zero-order chi connectivity index (χ0) is 11.9. The van der Waals surface area contributed by atoms with Crippen LogP contribution in [0.4, 0.5) is 0 Å². The van der Waals surface area contributed by atoms with Crippen molar-refractivity contribution in [1.82, 2.24) is 0 Å². The number of aliphatic hydroxyl groups excluding tert-OH is 1. The van der Waals surface area contributed by atoms with Crippen LogP contribution in [0.5, 0.6) is 0 Å². The van der Waals surface area contributed by atoms with Crippen molar-refractivity contribution >= 4 is 7.37 Å². The molecule has 0 bridgehead atoms. The Kier molecular flexibility index (Phi) is 7.34. The second-order valence-electron chi connectivity index (χ2n) is 3.05. The Morgan fingerprint density at radius 2 is 1.80 bits per heavy atom. The number of ether oxygens (including phenoxy) is 2. The lowest BCUT2D eigenvalue weighted by Crippen LogP contribution is -2.28. The Bertz CT molecular complexity index is 207. The highest BCUT2D eigenvalue weighted by Gasteiger charge is 2.34. The number of rotatable bonds is 8. The fourth-order valence-electron chi connectivity index (χ4n) is 1.03. The van der Waals surface area contributed by atoms with Crippen LogP contribution in [0.25, 0.3) is 0 Å². The molecule has 0 fully saturated rings. The Hall–Kier alpha value is 0.0300.